The third kappa shape index (κ3) is 3.96. The number of thiophene rings is 1. The molecule has 1 saturated heterocycles. The second-order valence-electron chi connectivity index (χ2n) is 5.61. The van der Waals surface area contributed by atoms with Crippen LogP contribution in [0.3, 0.4) is 0 Å². The largest absolute Gasteiger partial charge is 0.355 e. The fourth-order valence-electron chi connectivity index (χ4n) is 2.74. The quantitative estimate of drug-likeness (QED) is 0.856. The van der Waals surface area contributed by atoms with Crippen LogP contribution in [0.15, 0.2) is 42.0 Å². The molecule has 120 valence electrons. The van der Waals surface area contributed by atoms with Crippen molar-refractivity contribution < 1.29 is 9.59 Å². The first-order valence-corrected chi connectivity index (χ1v) is 8.60. The van der Waals surface area contributed by atoms with Crippen molar-refractivity contribution in [1.82, 2.24) is 15.2 Å². The highest BCUT2D eigenvalue weighted by molar-refractivity contribution is 7.09. The van der Waals surface area contributed by atoms with Gasteiger partial charge in [-0.15, -0.1) is 11.3 Å². The van der Waals surface area contributed by atoms with E-state index in [0.717, 1.165) is 16.9 Å². The summed E-state index contributed by atoms with van der Waals surface area (Å²) in [5.74, 6) is -0.801. The van der Waals surface area contributed by atoms with E-state index in [1.807, 2.05) is 29.6 Å². The monoisotopic (exact) mass is 329 g/mol. The van der Waals surface area contributed by atoms with Gasteiger partial charge in [-0.2, -0.15) is 0 Å². The molecule has 1 N–H and O–H groups in total. The van der Waals surface area contributed by atoms with Crippen LogP contribution in [0.4, 0.5) is 0 Å². The summed E-state index contributed by atoms with van der Waals surface area (Å²) >= 11 is 1.62. The van der Waals surface area contributed by atoms with Gasteiger partial charge in [0.05, 0.1) is 6.54 Å². The molecule has 3 rings (SSSR count). The minimum atomic E-state index is -0.564. The van der Waals surface area contributed by atoms with Crippen LogP contribution in [0.25, 0.3) is 0 Å². The second kappa shape index (κ2) is 7.37. The number of hydrogen-bond donors (Lipinski definition) is 1. The van der Waals surface area contributed by atoms with Crippen molar-refractivity contribution in [3.05, 3.63) is 52.5 Å². The number of nitrogens with zero attached hydrogens (tertiary/aromatic N) is 2. The van der Waals surface area contributed by atoms with Gasteiger partial charge in [-0.05, 0) is 42.0 Å². The molecule has 0 spiro atoms. The van der Waals surface area contributed by atoms with E-state index in [1.54, 1.807) is 28.6 Å². The molecule has 1 aliphatic heterocycles. The molecule has 1 fully saturated rings. The molecule has 6 heteroatoms. The van der Waals surface area contributed by atoms with Crippen molar-refractivity contribution in [1.29, 1.82) is 0 Å². The number of pyridine rings is 1. The van der Waals surface area contributed by atoms with Crippen LogP contribution in [-0.4, -0.2) is 28.2 Å². The van der Waals surface area contributed by atoms with Gasteiger partial charge < -0.3 is 10.2 Å². The maximum Gasteiger partial charge on any atom is 0.235 e. The molecule has 23 heavy (non-hydrogen) atoms. The predicted octanol–water partition coefficient (Wildman–Crippen LogP) is 2.20. The SMILES string of the molecule is O=C1NCCCC1C(=O)N(Cc1ccncc1)Cc1cccs1. The molecule has 2 amide bonds. The Morgan fingerprint density at radius 3 is 2.83 bits per heavy atom. The normalized spacial score (nSPS) is 17.6. The predicted molar refractivity (Wildman–Crippen MR) is 88.5 cm³/mol. The van der Waals surface area contributed by atoms with Crippen molar-refractivity contribution in [3.63, 3.8) is 0 Å². The molecule has 2 aromatic rings. The van der Waals surface area contributed by atoms with E-state index < -0.39 is 5.92 Å². The third-order valence-electron chi connectivity index (χ3n) is 3.94. The molecule has 5 nitrogen and oxygen atoms in total. The van der Waals surface area contributed by atoms with Gasteiger partial charge in [0, 0.05) is 30.4 Å². The molecule has 1 atom stereocenters. The molecular formula is C17H19N3O2S. The number of hydrogen-bond acceptors (Lipinski definition) is 4. The fourth-order valence-corrected chi connectivity index (χ4v) is 3.46. The van der Waals surface area contributed by atoms with Crippen LogP contribution in [-0.2, 0) is 22.7 Å². The number of carbonyl (C=O) groups is 2. The van der Waals surface area contributed by atoms with Gasteiger partial charge in [0.25, 0.3) is 0 Å². The molecule has 3 heterocycles. The fraction of sp³-hybridized carbons (Fsp3) is 0.353. The summed E-state index contributed by atoms with van der Waals surface area (Å²) in [5, 5.41) is 4.79. The molecule has 2 aromatic heterocycles. The summed E-state index contributed by atoms with van der Waals surface area (Å²) in [7, 11) is 0. The topological polar surface area (TPSA) is 62.3 Å². The van der Waals surface area contributed by atoms with Crippen molar-refractivity contribution >= 4 is 23.2 Å². The molecule has 0 saturated carbocycles. The average molecular weight is 329 g/mol. The summed E-state index contributed by atoms with van der Waals surface area (Å²) in [4.78, 5) is 31.8. The number of carbonyl (C=O) groups excluding carboxylic acids is 2. The Morgan fingerprint density at radius 1 is 1.30 bits per heavy atom. The maximum atomic E-state index is 12.9. The van der Waals surface area contributed by atoms with Crippen LogP contribution in [0.1, 0.15) is 23.3 Å². The van der Waals surface area contributed by atoms with E-state index in [9.17, 15) is 9.59 Å². The number of rotatable bonds is 5. The first-order chi connectivity index (χ1) is 11.2. The van der Waals surface area contributed by atoms with Crippen LogP contribution >= 0.6 is 11.3 Å². The smallest absolute Gasteiger partial charge is 0.235 e. The summed E-state index contributed by atoms with van der Waals surface area (Å²) in [6.07, 6.45) is 4.92. The molecule has 0 aromatic carbocycles. The summed E-state index contributed by atoms with van der Waals surface area (Å²) < 4.78 is 0. The Balaban J connectivity index is 1.78. The van der Waals surface area contributed by atoms with Crippen LogP contribution in [0.5, 0.6) is 0 Å². The number of nitrogens with one attached hydrogen (secondary N) is 1. The zero-order chi connectivity index (χ0) is 16.1. The lowest BCUT2D eigenvalue weighted by Gasteiger charge is -2.28. The highest BCUT2D eigenvalue weighted by atomic mass is 32.1. The van der Waals surface area contributed by atoms with E-state index in [0.29, 0.717) is 26.1 Å². The van der Waals surface area contributed by atoms with Crippen LogP contribution in [0.2, 0.25) is 0 Å². The Hall–Kier alpha value is -2.21. The second-order valence-corrected chi connectivity index (χ2v) is 6.65. The zero-order valence-corrected chi connectivity index (χ0v) is 13.6. The first-order valence-electron chi connectivity index (χ1n) is 7.72. The standard InChI is InChI=1S/C17H19N3O2S/c21-16-15(4-1-7-19-16)17(22)20(12-14-3-2-10-23-14)11-13-5-8-18-9-6-13/h2-3,5-6,8-10,15H,1,4,7,11-12H2,(H,19,21). The number of amides is 2. The Labute approximate surface area is 139 Å². The van der Waals surface area contributed by atoms with Crippen LogP contribution < -0.4 is 5.32 Å². The highest BCUT2D eigenvalue weighted by Gasteiger charge is 2.32. The van der Waals surface area contributed by atoms with Crippen LogP contribution in [0, 0.1) is 5.92 Å². The van der Waals surface area contributed by atoms with Crippen molar-refractivity contribution in [2.75, 3.05) is 6.54 Å². The zero-order valence-electron chi connectivity index (χ0n) is 12.8. The summed E-state index contributed by atoms with van der Waals surface area (Å²) in [6, 6.07) is 7.78. The summed E-state index contributed by atoms with van der Waals surface area (Å²) in [5.41, 5.74) is 1.01. The molecule has 0 aliphatic carbocycles. The maximum absolute atomic E-state index is 12.9. The Bertz CT molecular complexity index is 658. The van der Waals surface area contributed by atoms with Gasteiger partial charge in [0.2, 0.25) is 11.8 Å². The van der Waals surface area contributed by atoms with E-state index in [1.165, 1.54) is 0 Å². The number of aromatic nitrogens is 1. The average Bonchev–Trinajstić information content (AvgIpc) is 3.08. The molecule has 1 unspecified atom stereocenters. The van der Waals surface area contributed by atoms with E-state index in [4.69, 9.17) is 0 Å². The minimum Gasteiger partial charge on any atom is -0.355 e. The van der Waals surface area contributed by atoms with Gasteiger partial charge in [-0.3, -0.25) is 14.6 Å². The van der Waals surface area contributed by atoms with Gasteiger partial charge >= 0.3 is 0 Å². The van der Waals surface area contributed by atoms with Gasteiger partial charge in [-0.25, -0.2) is 0 Å². The summed E-state index contributed by atoms with van der Waals surface area (Å²) in [6.45, 7) is 1.68. The van der Waals surface area contributed by atoms with Crippen molar-refractivity contribution in [2.45, 2.75) is 25.9 Å². The first kappa shape index (κ1) is 15.7. The lowest BCUT2D eigenvalue weighted by Crippen LogP contribution is -2.46. The molecule has 0 radical (unpaired) electrons. The Kier molecular flexibility index (Phi) is 5.02. The number of piperidine rings is 1. The highest BCUT2D eigenvalue weighted by Crippen LogP contribution is 2.20. The van der Waals surface area contributed by atoms with E-state index in [-0.39, 0.29) is 11.8 Å². The third-order valence-corrected chi connectivity index (χ3v) is 4.81. The van der Waals surface area contributed by atoms with Gasteiger partial charge in [0.1, 0.15) is 5.92 Å². The van der Waals surface area contributed by atoms with E-state index in [2.05, 4.69) is 10.3 Å². The lowest BCUT2D eigenvalue weighted by molar-refractivity contribution is -0.144. The van der Waals surface area contributed by atoms with Crippen molar-refractivity contribution in [2.24, 2.45) is 5.92 Å². The van der Waals surface area contributed by atoms with Gasteiger partial charge in [-0.1, -0.05) is 6.07 Å². The van der Waals surface area contributed by atoms with E-state index >= 15 is 0 Å². The molecular weight excluding hydrogens is 310 g/mol. The lowest BCUT2D eigenvalue weighted by atomic mass is 9.97. The molecule has 1 aliphatic rings. The van der Waals surface area contributed by atoms with Gasteiger partial charge in [0.15, 0.2) is 0 Å². The Morgan fingerprint density at radius 2 is 2.13 bits per heavy atom. The minimum absolute atomic E-state index is 0.0904. The molecule has 0 bridgehead atoms. The van der Waals surface area contributed by atoms with Crippen molar-refractivity contribution in [3.8, 4) is 0 Å².